The molecule has 2 aliphatic rings. The van der Waals surface area contributed by atoms with Crippen molar-refractivity contribution in [3.8, 4) is 0 Å². The monoisotopic (exact) mass is 253 g/mol. The van der Waals surface area contributed by atoms with Gasteiger partial charge >= 0.3 is 0 Å². The highest BCUT2D eigenvalue weighted by atomic mass is 15.2. The molecule has 2 N–H and O–H groups in total. The number of nitrogens with zero attached hydrogens (tertiary/aromatic N) is 2. The molecule has 3 nitrogen and oxygen atoms in total. The van der Waals surface area contributed by atoms with Gasteiger partial charge in [0, 0.05) is 19.6 Å². The van der Waals surface area contributed by atoms with Gasteiger partial charge in [0.1, 0.15) is 0 Å². The first kappa shape index (κ1) is 14.3. The van der Waals surface area contributed by atoms with Gasteiger partial charge in [-0.15, -0.1) is 0 Å². The van der Waals surface area contributed by atoms with Crippen molar-refractivity contribution in [1.29, 1.82) is 0 Å². The van der Waals surface area contributed by atoms with Crippen LogP contribution < -0.4 is 5.73 Å². The average Bonchev–Trinajstić information content (AvgIpc) is 2.90. The lowest BCUT2D eigenvalue weighted by Crippen LogP contribution is -2.35. The molecule has 0 unspecified atom stereocenters. The second-order valence-corrected chi connectivity index (χ2v) is 6.43. The Bertz CT molecular complexity index is 218. The van der Waals surface area contributed by atoms with Crippen molar-refractivity contribution in [3.05, 3.63) is 0 Å². The second-order valence-electron chi connectivity index (χ2n) is 6.43. The fraction of sp³-hybridized carbons (Fsp3) is 1.00. The lowest BCUT2D eigenvalue weighted by Gasteiger charge is -2.31. The van der Waals surface area contributed by atoms with Gasteiger partial charge in [-0.1, -0.05) is 0 Å². The molecule has 0 aromatic rings. The third-order valence-corrected chi connectivity index (χ3v) is 4.87. The molecule has 0 aromatic carbocycles. The summed E-state index contributed by atoms with van der Waals surface area (Å²) in [5.74, 6) is 1.74. The topological polar surface area (TPSA) is 32.5 Å². The van der Waals surface area contributed by atoms with E-state index in [1.54, 1.807) is 0 Å². The number of rotatable bonds is 6. The van der Waals surface area contributed by atoms with Crippen molar-refractivity contribution in [1.82, 2.24) is 9.80 Å². The normalized spacial score (nSPS) is 30.2. The predicted molar refractivity (Wildman–Crippen MR) is 77.7 cm³/mol. The summed E-state index contributed by atoms with van der Waals surface area (Å²) in [6.07, 6.45) is 8.34. The molecule has 1 saturated heterocycles. The van der Waals surface area contributed by atoms with Crippen LogP contribution in [0.15, 0.2) is 0 Å². The molecule has 1 heterocycles. The molecule has 0 spiro atoms. The van der Waals surface area contributed by atoms with Crippen LogP contribution in [0.3, 0.4) is 0 Å². The molecule has 1 aliphatic carbocycles. The summed E-state index contributed by atoms with van der Waals surface area (Å²) in [4.78, 5) is 5.16. The number of likely N-dealkylation sites (N-methyl/N-ethyl adjacent to an activating group) is 1. The lowest BCUT2D eigenvalue weighted by atomic mass is 9.82. The largest absolute Gasteiger partial charge is 0.330 e. The quantitative estimate of drug-likeness (QED) is 0.783. The molecule has 2 fully saturated rings. The molecule has 1 aliphatic heterocycles. The Kier molecular flexibility index (Phi) is 5.93. The minimum atomic E-state index is 0.816. The zero-order valence-electron chi connectivity index (χ0n) is 12.1. The van der Waals surface area contributed by atoms with Gasteiger partial charge in [0.25, 0.3) is 0 Å². The van der Waals surface area contributed by atoms with Crippen molar-refractivity contribution in [2.75, 3.05) is 46.3 Å². The maximum absolute atomic E-state index is 5.75. The van der Waals surface area contributed by atoms with Gasteiger partial charge in [0.2, 0.25) is 0 Å². The molecule has 0 bridgehead atoms. The summed E-state index contributed by atoms with van der Waals surface area (Å²) in [7, 11) is 2.30. The van der Waals surface area contributed by atoms with Crippen LogP contribution in [0.25, 0.3) is 0 Å². The fourth-order valence-corrected chi connectivity index (χ4v) is 3.50. The number of hydrogen-bond donors (Lipinski definition) is 1. The summed E-state index contributed by atoms with van der Waals surface area (Å²) >= 11 is 0. The molecule has 0 aromatic heterocycles. The van der Waals surface area contributed by atoms with Crippen LogP contribution in [0.2, 0.25) is 0 Å². The van der Waals surface area contributed by atoms with Gasteiger partial charge in [-0.3, -0.25) is 0 Å². The first-order chi connectivity index (χ1) is 8.78. The fourth-order valence-electron chi connectivity index (χ4n) is 3.50. The van der Waals surface area contributed by atoms with E-state index in [0.717, 1.165) is 18.4 Å². The van der Waals surface area contributed by atoms with Gasteiger partial charge in [0.05, 0.1) is 0 Å². The van der Waals surface area contributed by atoms with Crippen molar-refractivity contribution < 1.29 is 0 Å². The van der Waals surface area contributed by atoms with E-state index in [4.69, 9.17) is 5.73 Å². The average molecular weight is 253 g/mol. The maximum atomic E-state index is 5.75. The standard InChI is InChI=1S/C15H31N3/c1-17(10-11-18-8-2-3-9-18)13-15-6-4-14(12-16)5-7-15/h14-15H,2-13,16H2,1H3. The molecule has 0 amide bonds. The summed E-state index contributed by atoms with van der Waals surface area (Å²) < 4.78 is 0. The third kappa shape index (κ3) is 4.52. The third-order valence-electron chi connectivity index (χ3n) is 4.87. The summed E-state index contributed by atoms with van der Waals surface area (Å²) in [6, 6.07) is 0. The predicted octanol–water partition coefficient (Wildman–Crippen LogP) is 1.78. The van der Waals surface area contributed by atoms with Crippen LogP contribution in [0.4, 0.5) is 0 Å². The molecule has 2 rings (SSSR count). The highest BCUT2D eigenvalue weighted by Gasteiger charge is 2.21. The van der Waals surface area contributed by atoms with Crippen molar-refractivity contribution in [2.45, 2.75) is 38.5 Å². The van der Waals surface area contributed by atoms with Gasteiger partial charge in [-0.25, -0.2) is 0 Å². The van der Waals surface area contributed by atoms with E-state index in [1.165, 1.54) is 71.2 Å². The zero-order chi connectivity index (χ0) is 12.8. The van der Waals surface area contributed by atoms with E-state index < -0.39 is 0 Å². The Hall–Kier alpha value is -0.120. The van der Waals surface area contributed by atoms with Gasteiger partial charge in [-0.2, -0.15) is 0 Å². The Balaban J connectivity index is 1.57. The molecular formula is C15H31N3. The first-order valence-corrected chi connectivity index (χ1v) is 7.89. The van der Waals surface area contributed by atoms with E-state index in [0.29, 0.717) is 0 Å². The van der Waals surface area contributed by atoms with Gasteiger partial charge in [0.15, 0.2) is 0 Å². The van der Waals surface area contributed by atoms with Crippen molar-refractivity contribution in [2.24, 2.45) is 17.6 Å². The Morgan fingerprint density at radius 2 is 1.67 bits per heavy atom. The van der Waals surface area contributed by atoms with Crippen LogP contribution in [-0.4, -0.2) is 56.1 Å². The van der Waals surface area contributed by atoms with Crippen LogP contribution in [-0.2, 0) is 0 Å². The smallest absolute Gasteiger partial charge is 0.0109 e. The molecule has 1 saturated carbocycles. The highest BCUT2D eigenvalue weighted by Crippen LogP contribution is 2.28. The van der Waals surface area contributed by atoms with Crippen LogP contribution >= 0.6 is 0 Å². The van der Waals surface area contributed by atoms with Crippen LogP contribution in [0.1, 0.15) is 38.5 Å². The molecule has 3 heteroatoms. The number of likely N-dealkylation sites (tertiary alicyclic amines) is 1. The van der Waals surface area contributed by atoms with Gasteiger partial charge < -0.3 is 15.5 Å². The Morgan fingerprint density at radius 3 is 2.28 bits per heavy atom. The number of nitrogens with two attached hydrogens (primary N) is 1. The molecular weight excluding hydrogens is 222 g/mol. The summed E-state index contributed by atoms with van der Waals surface area (Å²) in [5.41, 5.74) is 5.75. The lowest BCUT2D eigenvalue weighted by molar-refractivity contribution is 0.189. The SMILES string of the molecule is CN(CCN1CCCC1)CC1CCC(CN)CC1. The van der Waals surface area contributed by atoms with E-state index in [9.17, 15) is 0 Å². The maximum Gasteiger partial charge on any atom is 0.0109 e. The van der Waals surface area contributed by atoms with Crippen molar-refractivity contribution >= 4 is 0 Å². The molecule has 18 heavy (non-hydrogen) atoms. The van der Waals surface area contributed by atoms with E-state index in [2.05, 4.69) is 16.8 Å². The zero-order valence-corrected chi connectivity index (χ0v) is 12.1. The van der Waals surface area contributed by atoms with Gasteiger partial charge in [-0.05, 0) is 77.0 Å². The number of hydrogen-bond acceptors (Lipinski definition) is 3. The van der Waals surface area contributed by atoms with Crippen molar-refractivity contribution in [3.63, 3.8) is 0 Å². The molecule has 106 valence electrons. The van der Waals surface area contributed by atoms with E-state index >= 15 is 0 Å². The van der Waals surface area contributed by atoms with Crippen LogP contribution in [0, 0.1) is 11.8 Å². The molecule has 0 radical (unpaired) electrons. The highest BCUT2D eigenvalue weighted by molar-refractivity contribution is 4.75. The first-order valence-electron chi connectivity index (χ1n) is 7.89. The molecule has 0 atom stereocenters. The Labute approximate surface area is 113 Å². The summed E-state index contributed by atoms with van der Waals surface area (Å²) in [5, 5.41) is 0. The minimum absolute atomic E-state index is 0.816. The van der Waals surface area contributed by atoms with E-state index in [-0.39, 0.29) is 0 Å². The second kappa shape index (κ2) is 7.46. The minimum Gasteiger partial charge on any atom is -0.330 e. The van der Waals surface area contributed by atoms with E-state index in [1.807, 2.05) is 0 Å². The van der Waals surface area contributed by atoms with Crippen LogP contribution in [0.5, 0.6) is 0 Å². The Morgan fingerprint density at radius 1 is 1.06 bits per heavy atom. The summed E-state index contributed by atoms with van der Waals surface area (Å²) in [6.45, 7) is 7.37.